The van der Waals surface area contributed by atoms with Crippen LogP contribution in [0.4, 0.5) is 0 Å². The van der Waals surface area contributed by atoms with E-state index in [1.54, 1.807) is 5.56 Å². The van der Waals surface area contributed by atoms with Crippen LogP contribution in [-0.4, -0.2) is 27.5 Å². The number of nitrogens with zero attached hydrogens (tertiary/aromatic N) is 3. The summed E-state index contributed by atoms with van der Waals surface area (Å²) in [6.45, 7) is 8.85. The lowest BCUT2D eigenvalue weighted by molar-refractivity contribution is 0.265. The second-order valence-electron chi connectivity index (χ2n) is 6.79. The van der Waals surface area contributed by atoms with Gasteiger partial charge in [-0.3, -0.25) is 9.88 Å². The molecule has 0 saturated carbocycles. The quantitative estimate of drug-likeness (QED) is 0.725. The number of fused-ring (bicyclic) bond motifs is 3. The van der Waals surface area contributed by atoms with Gasteiger partial charge in [-0.1, -0.05) is 24.6 Å². The molecule has 3 heterocycles. The van der Waals surface area contributed by atoms with E-state index < -0.39 is 0 Å². The van der Waals surface area contributed by atoms with Crippen molar-refractivity contribution in [1.82, 2.24) is 14.5 Å². The summed E-state index contributed by atoms with van der Waals surface area (Å²) < 4.78 is 2.55. The van der Waals surface area contributed by atoms with Crippen molar-refractivity contribution < 1.29 is 0 Å². The Kier molecular flexibility index (Phi) is 4.11. The predicted octanol–water partition coefficient (Wildman–Crippen LogP) is 3.97. The third-order valence-electron chi connectivity index (χ3n) is 5.25. The molecule has 3 heteroatoms. The van der Waals surface area contributed by atoms with Crippen molar-refractivity contribution in [2.24, 2.45) is 0 Å². The summed E-state index contributed by atoms with van der Waals surface area (Å²) in [7, 11) is 0. The second-order valence-corrected chi connectivity index (χ2v) is 6.79. The normalized spacial score (nSPS) is 14.9. The van der Waals surface area contributed by atoms with E-state index >= 15 is 0 Å². The number of likely N-dealkylation sites (N-methyl/N-ethyl adjacent to an activating group) is 1. The van der Waals surface area contributed by atoms with Crippen molar-refractivity contribution in [3.8, 4) is 0 Å². The molecule has 0 fully saturated rings. The van der Waals surface area contributed by atoms with Crippen LogP contribution in [0.1, 0.15) is 29.4 Å². The Morgan fingerprint density at radius 2 is 2.08 bits per heavy atom. The molecular weight excluding hydrogens is 294 g/mol. The molecule has 0 unspecified atom stereocenters. The number of hydrogen-bond donors (Lipinski definition) is 0. The molecule has 3 aromatic rings. The molecular formula is C21H25N3. The largest absolute Gasteiger partial charge is 0.344 e. The second kappa shape index (κ2) is 6.40. The number of benzene rings is 1. The predicted molar refractivity (Wildman–Crippen MR) is 99.3 cm³/mol. The van der Waals surface area contributed by atoms with Crippen LogP contribution in [0.25, 0.3) is 10.9 Å². The minimum atomic E-state index is 0.989. The fraction of sp³-hybridized carbons (Fsp3) is 0.381. The Bertz CT molecular complexity index is 848. The van der Waals surface area contributed by atoms with E-state index in [4.69, 9.17) is 0 Å². The molecule has 1 aliphatic rings. The molecule has 0 aliphatic carbocycles. The van der Waals surface area contributed by atoms with Crippen LogP contribution >= 0.6 is 0 Å². The fourth-order valence-corrected chi connectivity index (χ4v) is 3.92. The summed E-state index contributed by atoms with van der Waals surface area (Å²) in [6, 6.07) is 13.1. The van der Waals surface area contributed by atoms with Crippen LogP contribution < -0.4 is 0 Å². The van der Waals surface area contributed by atoms with Gasteiger partial charge in [0.1, 0.15) is 0 Å². The molecule has 24 heavy (non-hydrogen) atoms. The highest BCUT2D eigenvalue weighted by molar-refractivity contribution is 5.86. The van der Waals surface area contributed by atoms with Crippen molar-refractivity contribution >= 4 is 10.9 Å². The standard InChI is InChI=1S/C21H25N3/c1-3-23-12-10-21-19(15-23)18-14-16(2)7-8-20(18)24(21)13-9-17-6-4-5-11-22-17/h4-8,11,14H,3,9-10,12-13,15H2,1-2H3. The monoisotopic (exact) mass is 319 g/mol. The molecule has 0 spiro atoms. The summed E-state index contributed by atoms with van der Waals surface area (Å²) in [4.78, 5) is 7.04. The molecule has 0 N–H and O–H groups in total. The molecule has 1 aliphatic heterocycles. The Hall–Kier alpha value is -2.13. The fourth-order valence-electron chi connectivity index (χ4n) is 3.92. The zero-order valence-electron chi connectivity index (χ0n) is 14.6. The highest BCUT2D eigenvalue weighted by Crippen LogP contribution is 2.31. The lowest BCUT2D eigenvalue weighted by atomic mass is 10.0. The van der Waals surface area contributed by atoms with Crippen LogP contribution in [0.3, 0.4) is 0 Å². The molecule has 0 saturated heterocycles. The van der Waals surface area contributed by atoms with Crippen LogP contribution in [0.5, 0.6) is 0 Å². The first-order chi connectivity index (χ1) is 11.8. The molecule has 0 amide bonds. The maximum absolute atomic E-state index is 4.49. The topological polar surface area (TPSA) is 21.1 Å². The first-order valence-electron chi connectivity index (χ1n) is 8.99. The molecule has 4 rings (SSSR count). The smallest absolute Gasteiger partial charge is 0.0486 e. The summed E-state index contributed by atoms with van der Waals surface area (Å²) in [5, 5.41) is 1.45. The van der Waals surface area contributed by atoms with Crippen LogP contribution in [-0.2, 0) is 25.9 Å². The lowest BCUT2D eigenvalue weighted by Gasteiger charge is -2.27. The van der Waals surface area contributed by atoms with Gasteiger partial charge in [-0.2, -0.15) is 0 Å². The highest BCUT2D eigenvalue weighted by Gasteiger charge is 2.23. The maximum Gasteiger partial charge on any atom is 0.0486 e. The minimum Gasteiger partial charge on any atom is -0.344 e. The highest BCUT2D eigenvalue weighted by atomic mass is 15.1. The SMILES string of the molecule is CCN1CCc2c(c3cc(C)ccc3n2CCc2ccccn2)C1. The first kappa shape index (κ1) is 15.4. The molecule has 0 atom stereocenters. The molecule has 124 valence electrons. The molecule has 3 nitrogen and oxygen atoms in total. The van der Waals surface area contributed by atoms with E-state index in [0.717, 1.165) is 32.5 Å². The zero-order chi connectivity index (χ0) is 16.5. The van der Waals surface area contributed by atoms with Crippen molar-refractivity contribution in [2.75, 3.05) is 13.1 Å². The summed E-state index contributed by atoms with van der Waals surface area (Å²) in [6.07, 6.45) is 4.03. The van der Waals surface area contributed by atoms with Crippen LogP contribution in [0.2, 0.25) is 0 Å². The Balaban J connectivity index is 1.74. The molecule has 0 radical (unpaired) electrons. The van der Waals surface area contributed by atoms with Gasteiger partial charge < -0.3 is 4.57 Å². The van der Waals surface area contributed by atoms with E-state index in [9.17, 15) is 0 Å². The van der Waals surface area contributed by atoms with E-state index in [-0.39, 0.29) is 0 Å². The lowest BCUT2D eigenvalue weighted by Crippen LogP contribution is -2.30. The van der Waals surface area contributed by atoms with Gasteiger partial charge in [-0.15, -0.1) is 0 Å². The van der Waals surface area contributed by atoms with Gasteiger partial charge in [-0.05, 0) is 43.3 Å². The average molecular weight is 319 g/mol. The Morgan fingerprint density at radius 1 is 1.17 bits per heavy atom. The van der Waals surface area contributed by atoms with Gasteiger partial charge >= 0.3 is 0 Å². The number of aryl methyl sites for hydroxylation is 3. The van der Waals surface area contributed by atoms with Crippen molar-refractivity contribution in [1.29, 1.82) is 0 Å². The minimum absolute atomic E-state index is 0.989. The number of rotatable bonds is 4. The third kappa shape index (κ3) is 2.73. The average Bonchev–Trinajstić information content (AvgIpc) is 2.93. The number of pyridine rings is 1. The van der Waals surface area contributed by atoms with Crippen molar-refractivity contribution in [2.45, 2.75) is 39.8 Å². The van der Waals surface area contributed by atoms with Crippen LogP contribution in [0, 0.1) is 6.92 Å². The molecule has 0 bridgehead atoms. The Morgan fingerprint density at radius 3 is 2.88 bits per heavy atom. The van der Waals surface area contributed by atoms with Gasteiger partial charge in [0.25, 0.3) is 0 Å². The maximum atomic E-state index is 4.49. The molecule has 2 aromatic heterocycles. The summed E-state index contributed by atoms with van der Waals surface area (Å²) >= 11 is 0. The first-order valence-corrected chi connectivity index (χ1v) is 8.99. The van der Waals surface area contributed by atoms with Gasteiger partial charge in [0.15, 0.2) is 0 Å². The third-order valence-corrected chi connectivity index (χ3v) is 5.25. The van der Waals surface area contributed by atoms with Gasteiger partial charge in [0.2, 0.25) is 0 Å². The van der Waals surface area contributed by atoms with Gasteiger partial charge in [0, 0.05) is 61.0 Å². The van der Waals surface area contributed by atoms with E-state index in [0.29, 0.717) is 0 Å². The van der Waals surface area contributed by atoms with Crippen LogP contribution in [0.15, 0.2) is 42.6 Å². The van der Waals surface area contributed by atoms with E-state index in [1.165, 1.54) is 34.4 Å². The van der Waals surface area contributed by atoms with Gasteiger partial charge in [0.05, 0.1) is 0 Å². The van der Waals surface area contributed by atoms with Crippen molar-refractivity contribution in [3.63, 3.8) is 0 Å². The zero-order valence-corrected chi connectivity index (χ0v) is 14.6. The van der Waals surface area contributed by atoms with E-state index in [1.807, 2.05) is 12.3 Å². The van der Waals surface area contributed by atoms with Gasteiger partial charge in [-0.25, -0.2) is 0 Å². The number of hydrogen-bond acceptors (Lipinski definition) is 2. The molecule has 1 aromatic carbocycles. The summed E-state index contributed by atoms with van der Waals surface area (Å²) in [5.74, 6) is 0. The Labute approximate surface area is 143 Å². The summed E-state index contributed by atoms with van der Waals surface area (Å²) in [5.41, 5.74) is 6.99. The van der Waals surface area contributed by atoms with Crippen molar-refractivity contribution in [3.05, 3.63) is 65.1 Å². The number of aromatic nitrogens is 2. The van der Waals surface area contributed by atoms with E-state index in [2.05, 4.69) is 58.6 Å².